The van der Waals surface area contributed by atoms with E-state index in [0.29, 0.717) is 0 Å². The van der Waals surface area contributed by atoms with Gasteiger partial charge in [0.2, 0.25) is 14.6 Å². The van der Waals surface area contributed by atoms with Crippen LogP contribution in [0.4, 0.5) is 0 Å². The van der Waals surface area contributed by atoms with Gasteiger partial charge >= 0.3 is 11.9 Å². The van der Waals surface area contributed by atoms with Crippen molar-refractivity contribution in [2.24, 2.45) is 5.41 Å². The molecule has 0 atom stereocenters. The molecule has 0 saturated heterocycles. The van der Waals surface area contributed by atoms with Crippen molar-refractivity contribution in [1.29, 1.82) is 0 Å². The largest absolute Gasteiger partial charge is 0.480 e. The fraction of sp³-hybridized carbons (Fsp3) is 0.636. The highest BCUT2D eigenvalue weighted by atomic mass is 16.4. The number of hydrogen-bond acceptors (Lipinski definition) is 4. The van der Waals surface area contributed by atoms with Crippen molar-refractivity contribution in [3.8, 4) is 0 Å². The zero-order valence-electron chi connectivity index (χ0n) is 11.3. The third-order valence-corrected chi connectivity index (χ3v) is 2.35. The number of carbonyl (C=O) groups excluding carboxylic acids is 2. The molecule has 0 aromatic rings. The van der Waals surface area contributed by atoms with Crippen molar-refractivity contribution in [3.63, 3.8) is 0 Å². The van der Waals surface area contributed by atoms with Gasteiger partial charge in [0.1, 0.15) is 11.4 Å². The lowest BCUT2D eigenvalue weighted by molar-refractivity contribution is -0.167. The van der Waals surface area contributed by atoms with Gasteiger partial charge < -0.3 is 19.8 Å². The van der Waals surface area contributed by atoms with Crippen LogP contribution in [0.15, 0.2) is 0 Å². The van der Waals surface area contributed by atoms with Gasteiger partial charge in [-0.2, -0.15) is 0 Å². The normalized spacial score (nSPS) is 11.3. The van der Waals surface area contributed by atoms with Crippen LogP contribution in [0.3, 0.4) is 0 Å². The minimum Gasteiger partial charge on any atom is -0.480 e. The molecule has 2 N–H and O–H groups in total. The zero-order valence-corrected chi connectivity index (χ0v) is 11.3. The van der Waals surface area contributed by atoms with Crippen LogP contribution >= 0.6 is 0 Å². The van der Waals surface area contributed by atoms with E-state index in [1.807, 2.05) is 0 Å². The molecule has 0 bridgehead atoms. The van der Waals surface area contributed by atoms with Gasteiger partial charge in [-0.25, -0.2) is 0 Å². The summed E-state index contributed by atoms with van der Waals surface area (Å²) in [5.74, 6) is -4.66. The Balaban J connectivity index is 5.70. The second-order valence-corrected chi connectivity index (χ2v) is 4.91. The molecule has 0 aromatic heterocycles. The van der Waals surface area contributed by atoms with Crippen LogP contribution < -0.4 is 0 Å². The van der Waals surface area contributed by atoms with Crippen molar-refractivity contribution < 1.29 is 29.4 Å². The Labute approximate surface area is 113 Å². The Hall–Kier alpha value is -1.59. The molecule has 0 aliphatic rings. The van der Waals surface area contributed by atoms with Crippen molar-refractivity contribution in [1.82, 2.24) is 0 Å². The summed E-state index contributed by atoms with van der Waals surface area (Å²) in [7, 11) is 1.88. The Bertz CT molecular complexity index is 364. The molecule has 102 valence electrons. The van der Waals surface area contributed by atoms with E-state index in [2.05, 4.69) is 0 Å². The van der Waals surface area contributed by atoms with E-state index in [4.69, 9.17) is 10.2 Å². The molecule has 0 fully saturated rings. The first-order chi connectivity index (χ1) is 8.56. The second-order valence-electron chi connectivity index (χ2n) is 4.91. The smallest absolute Gasteiger partial charge is 0.334 e. The molecule has 2 radical (unpaired) electrons. The van der Waals surface area contributed by atoms with Gasteiger partial charge in [0.15, 0.2) is 0 Å². The SMILES string of the molecule is CC(C)[B]C(=O)C(C(=O)O)(C(=O)O)C(=O)[B]C(C)C. The average molecular weight is 266 g/mol. The molecule has 0 amide bonds. The number of carboxylic acid groups (broad SMARTS) is 2. The minimum atomic E-state index is -3.07. The second kappa shape index (κ2) is 6.54. The van der Waals surface area contributed by atoms with Crippen molar-refractivity contribution in [2.45, 2.75) is 39.3 Å². The first kappa shape index (κ1) is 17.4. The lowest BCUT2D eigenvalue weighted by Gasteiger charge is -2.23. The maximum atomic E-state index is 11.9. The molecule has 6 nitrogen and oxygen atoms in total. The third-order valence-electron chi connectivity index (χ3n) is 2.35. The molecular formula is C11H16B2O6. The van der Waals surface area contributed by atoms with Crippen LogP contribution in [0, 0.1) is 5.41 Å². The van der Waals surface area contributed by atoms with Crippen molar-refractivity contribution in [3.05, 3.63) is 0 Å². The molecular weight excluding hydrogens is 250 g/mol. The fourth-order valence-electron chi connectivity index (χ4n) is 1.49. The first-order valence-corrected chi connectivity index (χ1v) is 5.82. The molecule has 0 aliphatic heterocycles. The monoisotopic (exact) mass is 266 g/mol. The predicted octanol–water partition coefficient (Wildman–Crippen LogP) is 0.260. The van der Waals surface area contributed by atoms with Crippen LogP contribution in [0.2, 0.25) is 11.6 Å². The molecule has 19 heavy (non-hydrogen) atoms. The number of carbonyl (C=O) groups is 4. The van der Waals surface area contributed by atoms with E-state index < -0.39 is 28.7 Å². The number of rotatable bonds is 8. The van der Waals surface area contributed by atoms with E-state index in [1.54, 1.807) is 27.7 Å². The molecule has 0 heterocycles. The van der Waals surface area contributed by atoms with E-state index in [1.165, 1.54) is 0 Å². The van der Waals surface area contributed by atoms with Crippen LogP contribution in [-0.4, -0.2) is 48.1 Å². The summed E-state index contributed by atoms with van der Waals surface area (Å²) in [5, 5.41) is 18.2. The molecule has 0 unspecified atom stereocenters. The van der Waals surface area contributed by atoms with Gasteiger partial charge in [-0.15, -0.1) is 0 Å². The summed E-state index contributed by atoms with van der Waals surface area (Å²) in [4.78, 5) is 46.3. The lowest BCUT2D eigenvalue weighted by atomic mass is 9.47. The average Bonchev–Trinajstić information content (AvgIpc) is 2.13. The Morgan fingerprint density at radius 2 is 1.05 bits per heavy atom. The summed E-state index contributed by atoms with van der Waals surface area (Å²) in [6.45, 7) is 6.35. The Morgan fingerprint density at radius 1 is 0.789 bits per heavy atom. The topological polar surface area (TPSA) is 109 Å². The maximum Gasteiger partial charge on any atom is 0.334 e. The molecule has 0 saturated carbocycles. The summed E-state index contributed by atoms with van der Waals surface area (Å²) in [6.07, 6.45) is 0. The summed E-state index contributed by atoms with van der Waals surface area (Å²) in [6, 6.07) is 0. The van der Waals surface area contributed by atoms with E-state index >= 15 is 0 Å². The summed E-state index contributed by atoms with van der Waals surface area (Å²) < 4.78 is 0. The number of carboxylic acids is 2. The zero-order chi connectivity index (χ0) is 15.4. The summed E-state index contributed by atoms with van der Waals surface area (Å²) in [5.41, 5.74) is -5.51. The van der Waals surface area contributed by atoms with Crippen molar-refractivity contribution >= 4 is 37.9 Å². The Kier molecular flexibility index (Phi) is 5.99. The standard InChI is InChI=1S/C11H16B2O6/c1-5(2)12-7(14)11(9(16)17,10(18)19)8(15)13-6(3)4/h5-6H,1-4H3,(H,16,17)(H,18,19). The van der Waals surface area contributed by atoms with E-state index in [0.717, 1.165) is 14.6 Å². The van der Waals surface area contributed by atoms with Gasteiger partial charge in [0.05, 0.1) is 0 Å². The highest BCUT2D eigenvalue weighted by Gasteiger charge is 2.58. The molecule has 0 rings (SSSR count). The number of hydrogen-bond donors (Lipinski definition) is 2. The number of aliphatic carboxylic acids is 2. The highest BCUT2D eigenvalue weighted by molar-refractivity contribution is 6.88. The van der Waals surface area contributed by atoms with Crippen LogP contribution in [0.1, 0.15) is 27.7 Å². The third kappa shape index (κ3) is 3.68. The molecule has 0 aliphatic carbocycles. The quantitative estimate of drug-likeness (QED) is 0.481. The fourth-order valence-corrected chi connectivity index (χ4v) is 1.49. The maximum absolute atomic E-state index is 11.9. The molecule has 0 aromatic carbocycles. The van der Waals surface area contributed by atoms with Crippen LogP contribution in [0.5, 0.6) is 0 Å². The van der Waals surface area contributed by atoms with Gasteiger partial charge in [-0.05, 0) is 0 Å². The van der Waals surface area contributed by atoms with Gasteiger partial charge in [0.25, 0.3) is 5.41 Å². The van der Waals surface area contributed by atoms with Crippen molar-refractivity contribution in [2.75, 3.05) is 0 Å². The molecule has 0 spiro atoms. The predicted molar refractivity (Wildman–Crippen MR) is 69.4 cm³/mol. The molecule has 8 heteroatoms. The lowest BCUT2D eigenvalue weighted by Crippen LogP contribution is -2.56. The first-order valence-electron chi connectivity index (χ1n) is 5.82. The van der Waals surface area contributed by atoms with Gasteiger partial charge in [0, 0.05) is 0 Å². The van der Waals surface area contributed by atoms with Gasteiger partial charge in [-0.1, -0.05) is 39.3 Å². The van der Waals surface area contributed by atoms with Gasteiger partial charge in [-0.3, -0.25) is 9.59 Å². The highest BCUT2D eigenvalue weighted by Crippen LogP contribution is 2.24. The Morgan fingerprint density at radius 3 is 1.21 bits per heavy atom. The van der Waals surface area contributed by atoms with E-state index in [-0.39, 0.29) is 11.6 Å². The van der Waals surface area contributed by atoms with Crippen LogP contribution in [-0.2, 0) is 19.2 Å². The summed E-state index contributed by atoms with van der Waals surface area (Å²) >= 11 is 0. The van der Waals surface area contributed by atoms with Crippen LogP contribution in [0.25, 0.3) is 0 Å². The van der Waals surface area contributed by atoms with E-state index in [9.17, 15) is 19.2 Å². The minimum absolute atomic E-state index is 0.363.